The molecule has 6 nitrogen and oxygen atoms in total. The predicted octanol–water partition coefficient (Wildman–Crippen LogP) is 2.37. The molecule has 24 heavy (non-hydrogen) atoms. The monoisotopic (exact) mass is 336 g/mol. The first-order chi connectivity index (χ1) is 11.3. The Labute approximate surface area is 143 Å². The number of aryl methyl sites for hydroxylation is 1. The van der Waals surface area contributed by atoms with Crippen LogP contribution in [-0.4, -0.2) is 49.6 Å². The molecule has 0 atom stereocenters. The van der Waals surface area contributed by atoms with Gasteiger partial charge in [0.2, 0.25) is 5.91 Å². The first-order valence-corrected chi connectivity index (χ1v) is 8.48. The number of ether oxygens (including phenoxy) is 1. The number of methoxy groups -OCH3 is 1. The van der Waals surface area contributed by atoms with Crippen LogP contribution < -0.4 is 5.32 Å². The Morgan fingerprint density at radius 3 is 2.58 bits per heavy atom. The Balaban J connectivity index is 1.84. The molecule has 0 saturated carbocycles. The minimum Gasteiger partial charge on any atom is -0.459 e. The molecule has 2 rings (SSSR count). The van der Waals surface area contributed by atoms with E-state index in [1.165, 1.54) is 6.26 Å². The number of piperidine rings is 1. The number of carbonyl (C=O) groups excluding carboxylic acids is 2. The van der Waals surface area contributed by atoms with Crippen molar-refractivity contribution in [3.05, 3.63) is 23.7 Å². The van der Waals surface area contributed by atoms with Gasteiger partial charge in [0, 0.05) is 43.8 Å². The van der Waals surface area contributed by atoms with Crippen LogP contribution in [0, 0.1) is 12.3 Å². The van der Waals surface area contributed by atoms with Gasteiger partial charge in [0.1, 0.15) is 0 Å². The molecule has 1 saturated heterocycles. The Kier molecular flexibility index (Phi) is 6.04. The van der Waals surface area contributed by atoms with Crippen molar-refractivity contribution in [1.82, 2.24) is 10.2 Å². The van der Waals surface area contributed by atoms with Gasteiger partial charge >= 0.3 is 0 Å². The van der Waals surface area contributed by atoms with E-state index in [-0.39, 0.29) is 17.9 Å². The second-order valence-corrected chi connectivity index (χ2v) is 7.10. The second-order valence-electron chi connectivity index (χ2n) is 7.10. The van der Waals surface area contributed by atoms with E-state index in [1.807, 2.05) is 25.7 Å². The third kappa shape index (κ3) is 4.38. The van der Waals surface area contributed by atoms with Crippen LogP contribution in [0.25, 0.3) is 0 Å². The lowest BCUT2D eigenvalue weighted by Crippen LogP contribution is -2.50. The highest BCUT2D eigenvalue weighted by Gasteiger charge is 2.34. The molecule has 2 heterocycles. The van der Waals surface area contributed by atoms with Crippen LogP contribution >= 0.6 is 0 Å². The van der Waals surface area contributed by atoms with Crippen molar-refractivity contribution in [2.75, 3.05) is 26.8 Å². The van der Waals surface area contributed by atoms with E-state index < -0.39 is 5.41 Å². The van der Waals surface area contributed by atoms with Crippen molar-refractivity contribution in [2.24, 2.45) is 5.41 Å². The van der Waals surface area contributed by atoms with E-state index in [0.29, 0.717) is 31.9 Å². The summed E-state index contributed by atoms with van der Waals surface area (Å²) in [7, 11) is 1.65. The number of hydrogen-bond acceptors (Lipinski definition) is 4. The zero-order valence-corrected chi connectivity index (χ0v) is 15.1. The summed E-state index contributed by atoms with van der Waals surface area (Å²) < 4.78 is 10.3. The molecule has 1 aliphatic heterocycles. The van der Waals surface area contributed by atoms with E-state index in [9.17, 15) is 9.59 Å². The molecule has 1 aliphatic rings. The Morgan fingerprint density at radius 2 is 2.04 bits per heavy atom. The van der Waals surface area contributed by atoms with Crippen LogP contribution in [0.15, 0.2) is 16.7 Å². The predicted molar refractivity (Wildman–Crippen MR) is 90.8 cm³/mol. The minimum atomic E-state index is -0.419. The third-order valence-corrected chi connectivity index (χ3v) is 4.70. The van der Waals surface area contributed by atoms with E-state index in [0.717, 1.165) is 18.4 Å². The molecule has 1 fully saturated rings. The average molecular weight is 336 g/mol. The van der Waals surface area contributed by atoms with Gasteiger partial charge in [-0.2, -0.15) is 0 Å². The lowest BCUT2D eigenvalue weighted by atomic mass is 9.87. The van der Waals surface area contributed by atoms with Crippen molar-refractivity contribution in [3.8, 4) is 0 Å². The van der Waals surface area contributed by atoms with Crippen molar-refractivity contribution in [3.63, 3.8) is 0 Å². The maximum atomic E-state index is 12.7. The molecular weight excluding hydrogens is 308 g/mol. The van der Waals surface area contributed by atoms with Crippen molar-refractivity contribution < 1.29 is 18.7 Å². The molecule has 0 radical (unpaired) electrons. The molecule has 1 aromatic rings. The number of likely N-dealkylation sites (tertiary alicyclic amines) is 1. The van der Waals surface area contributed by atoms with Crippen LogP contribution in [0.5, 0.6) is 0 Å². The summed E-state index contributed by atoms with van der Waals surface area (Å²) in [5.74, 6) is 0.350. The highest BCUT2D eigenvalue weighted by atomic mass is 16.5. The van der Waals surface area contributed by atoms with Gasteiger partial charge in [-0.1, -0.05) is 13.8 Å². The van der Waals surface area contributed by atoms with Gasteiger partial charge in [0.15, 0.2) is 5.76 Å². The fraction of sp³-hybridized carbons (Fsp3) is 0.667. The molecule has 2 amide bonds. The van der Waals surface area contributed by atoms with Gasteiger partial charge in [-0.3, -0.25) is 9.59 Å². The quantitative estimate of drug-likeness (QED) is 0.866. The molecule has 0 spiro atoms. The average Bonchev–Trinajstić information content (AvgIpc) is 2.99. The summed E-state index contributed by atoms with van der Waals surface area (Å²) in [4.78, 5) is 26.7. The number of nitrogens with one attached hydrogen (secondary N) is 1. The normalized spacial score (nSPS) is 16.2. The minimum absolute atomic E-state index is 0.0770. The molecule has 6 heteroatoms. The fourth-order valence-electron chi connectivity index (χ4n) is 2.98. The lowest BCUT2D eigenvalue weighted by molar-refractivity contribution is -0.142. The smallest absolute Gasteiger partial charge is 0.287 e. The van der Waals surface area contributed by atoms with E-state index >= 15 is 0 Å². The zero-order chi connectivity index (χ0) is 17.7. The molecule has 1 N–H and O–H groups in total. The van der Waals surface area contributed by atoms with Crippen LogP contribution in [0.3, 0.4) is 0 Å². The van der Waals surface area contributed by atoms with Gasteiger partial charge in [0.05, 0.1) is 6.26 Å². The molecule has 0 bridgehead atoms. The van der Waals surface area contributed by atoms with Crippen molar-refractivity contribution in [1.29, 1.82) is 0 Å². The van der Waals surface area contributed by atoms with Crippen LogP contribution in [0.2, 0.25) is 0 Å². The van der Waals surface area contributed by atoms with Gasteiger partial charge < -0.3 is 19.4 Å². The number of hydrogen-bond donors (Lipinski definition) is 1. The van der Waals surface area contributed by atoms with Crippen LogP contribution in [0.4, 0.5) is 0 Å². The zero-order valence-electron chi connectivity index (χ0n) is 15.1. The topological polar surface area (TPSA) is 71.8 Å². The Hall–Kier alpha value is -1.82. The summed E-state index contributed by atoms with van der Waals surface area (Å²) >= 11 is 0. The summed E-state index contributed by atoms with van der Waals surface area (Å²) in [5.41, 5.74) is 0.414. The van der Waals surface area contributed by atoms with E-state index in [2.05, 4.69) is 5.32 Å². The second kappa shape index (κ2) is 7.83. The first-order valence-electron chi connectivity index (χ1n) is 8.48. The van der Waals surface area contributed by atoms with Gasteiger partial charge in [-0.25, -0.2) is 0 Å². The molecule has 0 aliphatic carbocycles. The highest BCUT2D eigenvalue weighted by molar-refractivity contribution is 5.93. The summed E-state index contributed by atoms with van der Waals surface area (Å²) in [6, 6.07) is 1.85. The van der Waals surface area contributed by atoms with Gasteiger partial charge in [0.25, 0.3) is 5.91 Å². The fourth-order valence-corrected chi connectivity index (χ4v) is 2.98. The van der Waals surface area contributed by atoms with Crippen LogP contribution in [-0.2, 0) is 9.53 Å². The standard InChI is InChI=1S/C18H28N2O4/c1-13-7-11-24-15(13)16(21)19-14-5-9-20(10-6-14)17(22)18(2,3)8-12-23-4/h7,11,14H,5-6,8-10,12H2,1-4H3,(H,19,21). The largest absolute Gasteiger partial charge is 0.459 e. The summed E-state index contributed by atoms with van der Waals surface area (Å²) in [5, 5.41) is 3.00. The molecule has 0 unspecified atom stereocenters. The number of nitrogens with zero attached hydrogens (tertiary/aromatic N) is 1. The number of furan rings is 1. The van der Waals surface area contributed by atoms with Gasteiger partial charge in [-0.15, -0.1) is 0 Å². The molecular formula is C18H28N2O4. The first kappa shape index (κ1) is 18.5. The molecule has 1 aromatic heterocycles. The van der Waals surface area contributed by atoms with E-state index in [4.69, 9.17) is 9.15 Å². The number of amides is 2. The maximum absolute atomic E-state index is 12.7. The molecule has 134 valence electrons. The third-order valence-electron chi connectivity index (χ3n) is 4.70. The van der Waals surface area contributed by atoms with Crippen molar-refractivity contribution in [2.45, 2.75) is 46.1 Å². The Morgan fingerprint density at radius 1 is 1.38 bits per heavy atom. The Bertz CT molecular complexity index is 571. The number of carbonyl (C=O) groups is 2. The lowest BCUT2D eigenvalue weighted by Gasteiger charge is -2.37. The number of rotatable bonds is 6. The van der Waals surface area contributed by atoms with Gasteiger partial charge in [-0.05, 0) is 32.3 Å². The summed E-state index contributed by atoms with van der Waals surface area (Å²) in [6.07, 6.45) is 3.75. The van der Waals surface area contributed by atoms with E-state index in [1.54, 1.807) is 13.2 Å². The summed E-state index contributed by atoms with van der Waals surface area (Å²) in [6.45, 7) is 7.67. The van der Waals surface area contributed by atoms with Crippen LogP contribution in [0.1, 0.15) is 49.2 Å². The van der Waals surface area contributed by atoms with Crippen molar-refractivity contribution >= 4 is 11.8 Å². The maximum Gasteiger partial charge on any atom is 0.287 e. The SMILES string of the molecule is COCCC(C)(C)C(=O)N1CCC(NC(=O)c2occc2C)CC1. The molecule has 0 aromatic carbocycles. The highest BCUT2D eigenvalue weighted by Crippen LogP contribution is 2.25.